The molecule has 2 amide bonds. The van der Waals surface area contributed by atoms with Crippen molar-refractivity contribution in [3.8, 4) is 0 Å². The van der Waals surface area contributed by atoms with E-state index in [2.05, 4.69) is 26.3 Å². The van der Waals surface area contributed by atoms with Crippen LogP contribution in [0.5, 0.6) is 0 Å². The standard InChI is InChI=1S/C13H15BrN4O3/c1-7-10(11(16-18(7)4)13(20)17(2)3)15-12(19)8-5-6-9(14)21-8/h5-6H,1-4H3,(H,15,19). The van der Waals surface area contributed by atoms with Gasteiger partial charge in [-0.15, -0.1) is 0 Å². The van der Waals surface area contributed by atoms with Gasteiger partial charge in [0.05, 0.1) is 11.4 Å². The molecular formula is C13H15BrN4O3. The largest absolute Gasteiger partial charge is 0.444 e. The number of aryl methyl sites for hydroxylation is 1. The summed E-state index contributed by atoms with van der Waals surface area (Å²) in [4.78, 5) is 25.7. The van der Waals surface area contributed by atoms with Crippen LogP contribution in [0.4, 0.5) is 5.69 Å². The monoisotopic (exact) mass is 354 g/mol. The molecule has 0 aliphatic carbocycles. The normalized spacial score (nSPS) is 10.5. The van der Waals surface area contributed by atoms with E-state index in [0.717, 1.165) is 0 Å². The van der Waals surface area contributed by atoms with Crippen LogP contribution < -0.4 is 5.32 Å². The molecule has 0 aromatic carbocycles. The van der Waals surface area contributed by atoms with Gasteiger partial charge in [0.15, 0.2) is 16.1 Å². The Morgan fingerprint density at radius 1 is 1.38 bits per heavy atom. The molecule has 2 aromatic rings. The summed E-state index contributed by atoms with van der Waals surface area (Å²) in [6.07, 6.45) is 0. The highest BCUT2D eigenvalue weighted by atomic mass is 79.9. The lowest BCUT2D eigenvalue weighted by Gasteiger charge is -2.10. The molecule has 2 aromatic heterocycles. The SMILES string of the molecule is Cc1c(NC(=O)c2ccc(Br)o2)c(C(=O)N(C)C)nn1C. The summed E-state index contributed by atoms with van der Waals surface area (Å²) in [7, 11) is 4.96. The van der Waals surface area contributed by atoms with Crippen molar-refractivity contribution >= 4 is 33.4 Å². The fourth-order valence-corrected chi connectivity index (χ4v) is 2.04. The quantitative estimate of drug-likeness (QED) is 0.914. The van der Waals surface area contributed by atoms with Crippen molar-refractivity contribution < 1.29 is 14.0 Å². The van der Waals surface area contributed by atoms with Gasteiger partial charge in [-0.05, 0) is 35.0 Å². The lowest BCUT2D eigenvalue weighted by atomic mass is 10.2. The van der Waals surface area contributed by atoms with Gasteiger partial charge in [0, 0.05) is 21.1 Å². The Kier molecular flexibility index (Phi) is 4.17. The van der Waals surface area contributed by atoms with Gasteiger partial charge >= 0.3 is 0 Å². The number of nitrogens with zero attached hydrogens (tertiary/aromatic N) is 3. The third-order valence-corrected chi connectivity index (χ3v) is 3.40. The Morgan fingerprint density at radius 2 is 2.05 bits per heavy atom. The first-order valence-electron chi connectivity index (χ1n) is 6.13. The van der Waals surface area contributed by atoms with Crippen molar-refractivity contribution in [1.82, 2.24) is 14.7 Å². The summed E-state index contributed by atoms with van der Waals surface area (Å²) in [5, 5.41) is 6.83. The van der Waals surface area contributed by atoms with Crippen LogP contribution >= 0.6 is 15.9 Å². The number of hydrogen-bond acceptors (Lipinski definition) is 4. The number of carbonyl (C=O) groups is 2. The van der Waals surface area contributed by atoms with E-state index >= 15 is 0 Å². The molecule has 2 rings (SSSR count). The van der Waals surface area contributed by atoms with Crippen molar-refractivity contribution in [3.05, 3.63) is 34.0 Å². The summed E-state index contributed by atoms with van der Waals surface area (Å²) in [5.41, 5.74) is 1.26. The zero-order chi connectivity index (χ0) is 15.7. The van der Waals surface area contributed by atoms with Crippen LogP contribution in [0, 0.1) is 6.92 Å². The average Bonchev–Trinajstić information content (AvgIpc) is 2.96. The summed E-state index contributed by atoms with van der Waals surface area (Å²) in [6, 6.07) is 3.16. The van der Waals surface area contributed by atoms with Gasteiger partial charge < -0.3 is 14.6 Å². The number of amides is 2. The molecule has 112 valence electrons. The first-order valence-corrected chi connectivity index (χ1v) is 6.92. The summed E-state index contributed by atoms with van der Waals surface area (Å²) in [6.45, 7) is 1.77. The molecule has 2 heterocycles. The number of aromatic nitrogens is 2. The topological polar surface area (TPSA) is 80.4 Å². The minimum Gasteiger partial charge on any atom is -0.444 e. The van der Waals surface area contributed by atoms with E-state index in [9.17, 15) is 9.59 Å². The van der Waals surface area contributed by atoms with E-state index in [1.165, 1.54) is 4.90 Å². The molecule has 21 heavy (non-hydrogen) atoms. The molecule has 7 nitrogen and oxygen atoms in total. The van der Waals surface area contributed by atoms with Crippen LogP contribution in [0.15, 0.2) is 21.2 Å². The first-order chi connectivity index (χ1) is 9.81. The highest BCUT2D eigenvalue weighted by Crippen LogP contribution is 2.22. The fraction of sp³-hybridized carbons (Fsp3) is 0.308. The zero-order valence-corrected chi connectivity index (χ0v) is 13.7. The Hall–Kier alpha value is -2.09. The molecule has 0 radical (unpaired) electrons. The molecule has 0 fully saturated rings. The highest BCUT2D eigenvalue weighted by Gasteiger charge is 2.23. The molecule has 8 heteroatoms. The van der Waals surface area contributed by atoms with Crippen LogP contribution in [0.25, 0.3) is 0 Å². The number of halogens is 1. The van der Waals surface area contributed by atoms with E-state index in [4.69, 9.17) is 4.42 Å². The fourth-order valence-electron chi connectivity index (χ4n) is 1.73. The van der Waals surface area contributed by atoms with E-state index < -0.39 is 5.91 Å². The van der Waals surface area contributed by atoms with Crippen LogP contribution in [-0.2, 0) is 7.05 Å². The number of anilines is 1. The van der Waals surface area contributed by atoms with E-state index in [1.807, 2.05) is 0 Å². The number of hydrogen-bond donors (Lipinski definition) is 1. The predicted octanol–water partition coefficient (Wildman–Crippen LogP) is 2.04. The van der Waals surface area contributed by atoms with Crippen molar-refractivity contribution in [2.24, 2.45) is 7.05 Å². The summed E-state index contributed by atoms with van der Waals surface area (Å²) >= 11 is 3.14. The lowest BCUT2D eigenvalue weighted by molar-refractivity contribution is 0.0822. The molecule has 0 aliphatic heterocycles. The molecule has 0 spiro atoms. The van der Waals surface area contributed by atoms with Crippen molar-refractivity contribution in [3.63, 3.8) is 0 Å². The Labute approximate surface area is 130 Å². The molecule has 0 aliphatic rings. The van der Waals surface area contributed by atoms with Gasteiger partial charge in [-0.3, -0.25) is 14.3 Å². The predicted molar refractivity (Wildman–Crippen MR) is 80.3 cm³/mol. The second-order valence-corrected chi connectivity index (χ2v) is 5.47. The van der Waals surface area contributed by atoms with Crippen LogP contribution in [-0.4, -0.2) is 40.6 Å². The van der Waals surface area contributed by atoms with Gasteiger partial charge in [0.1, 0.15) is 0 Å². The van der Waals surface area contributed by atoms with Crippen LogP contribution in [0.2, 0.25) is 0 Å². The number of furan rings is 1. The van der Waals surface area contributed by atoms with Crippen LogP contribution in [0.1, 0.15) is 26.7 Å². The third-order valence-electron chi connectivity index (χ3n) is 2.98. The maximum atomic E-state index is 12.1. The van der Waals surface area contributed by atoms with Crippen LogP contribution in [0.3, 0.4) is 0 Å². The number of nitrogens with one attached hydrogen (secondary N) is 1. The van der Waals surface area contributed by atoms with Crippen molar-refractivity contribution in [2.45, 2.75) is 6.92 Å². The number of carbonyl (C=O) groups excluding carboxylic acids is 2. The molecule has 0 unspecified atom stereocenters. The van der Waals surface area contributed by atoms with Gasteiger partial charge in [0.25, 0.3) is 11.8 Å². The Morgan fingerprint density at radius 3 is 2.57 bits per heavy atom. The molecule has 0 atom stereocenters. The van der Waals surface area contributed by atoms with E-state index in [1.54, 1.807) is 44.9 Å². The van der Waals surface area contributed by atoms with Gasteiger partial charge in [-0.25, -0.2) is 0 Å². The minimum absolute atomic E-state index is 0.147. The Balaban J connectivity index is 2.35. The number of rotatable bonds is 3. The molecule has 1 N–H and O–H groups in total. The van der Waals surface area contributed by atoms with Gasteiger partial charge in [0.2, 0.25) is 0 Å². The molecular weight excluding hydrogens is 340 g/mol. The molecule has 0 saturated heterocycles. The maximum absolute atomic E-state index is 12.1. The smallest absolute Gasteiger partial charge is 0.291 e. The first kappa shape index (κ1) is 15.3. The lowest BCUT2D eigenvalue weighted by Crippen LogP contribution is -2.24. The summed E-state index contributed by atoms with van der Waals surface area (Å²) in [5.74, 6) is -0.576. The third kappa shape index (κ3) is 2.99. The highest BCUT2D eigenvalue weighted by molar-refractivity contribution is 9.10. The van der Waals surface area contributed by atoms with E-state index in [-0.39, 0.29) is 17.4 Å². The Bertz CT molecular complexity index is 702. The van der Waals surface area contributed by atoms with Gasteiger partial charge in [-0.2, -0.15) is 5.10 Å². The maximum Gasteiger partial charge on any atom is 0.291 e. The van der Waals surface area contributed by atoms with Gasteiger partial charge in [-0.1, -0.05) is 0 Å². The second-order valence-electron chi connectivity index (χ2n) is 4.69. The second kappa shape index (κ2) is 5.72. The summed E-state index contributed by atoms with van der Waals surface area (Å²) < 4.78 is 7.20. The molecule has 0 saturated carbocycles. The minimum atomic E-state index is -0.440. The zero-order valence-electron chi connectivity index (χ0n) is 12.1. The van der Waals surface area contributed by atoms with Crippen molar-refractivity contribution in [2.75, 3.05) is 19.4 Å². The molecule has 0 bridgehead atoms. The van der Waals surface area contributed by atoms with Crippen molar-refractivity contribution in [1.29, 1.82) is 0 Å². The average molecular weight is 355 g/mol. The van der Waals surface area contributed by atoms with E-state index in [0.29, 0.717) is 16.1 Å².